The fraction of sp³-hybridized carbons (Fsp3) is 0.400. The van der Waals surface area contributed by atoms with Crippen molar-refractivity contribution in [2.75, 3.05) is 23.8 Å². The summed E-state index contributed by atoms with van der Waals surface area (Å²) in [7, 11) is 0. The summed E-state index contributed by atoms with van der Waals surface area (Å²) < 4.78 is 5.60. The standard InChI is InChI=1S/C15H19NO2S/c1-11(2)9-18-14-5-3-4-13(7-14)16-8-12(10-19)6-15(16)17/h3-5,7,12,19H,1,6,8-10H2,2H3. The minimum atomic E-state index is 0.163. The van der Waals surface area contributed by atoms with Crippen molar-refractivity contribution >= 4 is 24.2 Å². The van der Waals surface area contributed by atoms with Gasteiger partial charge in [-0.1, -0.05) is 12.6 Å². The predicted octanol–water partition coefficient (Wildman–Crippen LogP) is 2.92. The number of hydrogen-bond donors (Lipinski definition) is 1. The van der Waals surface area contributed by atoms with Crippen molar-refractivity contribution in [3.8, 4) is 5.75 Å². The Morgan fingerprint density at radius 1 is 1.58 bits per heavy atom. The third-order valence-electron chi connectivity index (χ3n) is 3.08. The summed E-state index contributed by atoms with van der Waals surface area (Å²) in [6, 6.07) is 7.64. The molecule has 1 aliphatic heterocycles. The Morgan fingerprint density at radius 3 is 3.00 bits per heavy atom. The molecule has 0 aliphatic carbocycles. The molecule has 1 unspecified atom stereocenters. The fourth-order valence-corrected chi connectivity index (χ4v) is 2.35. The number of nitrogens with zero attached hydrogens (tertiary/aromatic N) is 1. The first-order valence-electron chi connectivity index (χ1n) is 6.38. The van der Waals surface area contributed by atoms with Gasteiger partial charge in [-0.15, -0.1) is 0 Å². The second-order valence-corrected chi connectivity index (χ2v) is 5.37. The van der Waals surface area contributed by atoms with Crippen LogP contribution in [0.15, 0.2) is 36.4 Å². The van der Waals surface area contributed by atoms with Gasteiger partial charge >= 0.3 is 0 Å². The van der Waals surface area contributed by atoms with Crippen LogP contribution in [0.4, 0.5) is 5.69 Å². The van der Waals surface area contributed by atoms with Gasteiger partial charge in [-0.05, 0) is 36.3 Å². The molecule has 0 N–H and O–H groups in total. The van der Waals surface area contributed by atoms with Gasteiger partial charge in [0, 0.05) is 24.7 Å². The zero-order chi connectivity index (χ0) is 13.8. The third kappa shape index (κ3) is 3.53. The Bertz CT molecular complexity index is 487. The van der Waals surface area contributed by atoms with Crippen molar-refractivity contribution in [3.05, 3.63) is 36.4 Å². The highest BCUT2D eigenvalue weighted by atomic mass is 32.1. The number of benzene rings is 1. The van der Waals surface area contributed by atoms with Gasteiger partial charge in [-0.2, -0.15) is 12.6 Å². The lowest BCUT2D eigenvalue weighted by atomic mass is 10.1. The number of rotatable bonds is 5. The van der Waals surface area contributed by atoms with Crippen molar-refractivity contribution in [2.24, 2.45) is 5.92 Å². The van der Waals surface area contributed by atoms with Crippen LogP contribution in [0.5, 0.6) is 5.75 Å². The maximum Gasteiger partial charge on any atom is 0.227 e. The van der Waals surface area contributed by atoms with Crippen LogP contribution in [0.25, 0.3) is 0 Å². The van der Waals surface area contributed by atoms with Crippen LogP contribution in [0.3, 0.4) is 0 Å². The lowest BCUT2D eigenvalue weighted by molar-refractivity contribution is -0.117. The van der Waals surface area contributed by atoms with Gasteiger partial charge in [-0.25, -0.2) is 0 Å². The Morgan fingerprint density at radius 2 is 2.37 bits per heavy atom. The molecule has 1 aliphatic rings. The third-order valence-corrected chi connectivity index (χ3v) is 3.59. The van der Waals surface area contributed by atoms with Crippen LogP contribution >= 0.6 is 12.6 Å². The van der Waals surface area contributed by atoms with Crippen LogP contribution in [0.1, 0.15) is 13.3 Å². The number of amides is 1. The van der Waals surface area contributed by atoms with Crippen LogP contribution in [-0.2, 0) is 4.79 Å². The highest BCUT2D eigenvalue weighted by Gasteiger charge is 2.29. The van der Waals surface area contributed by atoms with E-state index in [9.17, 15) is 4.79 Å². The van der Waals surface area contributed by atoms with Crippen LogP contribution < -0.4 is 9.64 Å². The average molecular weight is 277 g/mol. The second kappa shape index (κ2) is 6.15. The van der Waals surface area contributed by atoms with E-state index in [0.29, 0.717) is 18.9 Å². The minimum absolute atomic E-state index is 0.163. The highest BCUT2D eigenvalue weighted by molar-refractivity contribution is 7.80. The van der Waals surface area contributed by atoms with Gasteiger partial charge in [0.1, 0.15) is 12.4 Å². The van der Waals surface area contributed by atoms with Crippen LogP contribution in [-0.4, -0.2) is 24.8 Å². The first-order chi connectivity index (χ1) is 9.10. The summed E-state index contributed by atoms with van der Waals surface area (Å²) in [5.74, 6) is 2.02. The molecule has 0 radical (unpaired) electrons. The van der Waals surface area contributed by atoms with E-state index in [1.54, 1.807) is 0 Å². The SMILES string of the molecule is C=C(C)COc1cccc(N2CC(CS)CC2=O)c1. The first kappa shape index (κ1) is 14.0. The topological polar surface area (TPSA) is 29.5 Å². The molecule has 1 aromatic rings. The zero-order valence-corrected chi connectivity index (χ0v) is 12.0. The monoisotopic (exact) mass is 277 g/mol. The summed E-state index contributed by atoms with van der Waals surface area (Å²) in [6.45, 7) is 6.97. The number of carbonyl (C=O) groups excluding carboxylic acids is 1. The molecule has 102 valence electrons. The Labute approximate surface area is 119 Å². The molecule has 1 fully saturated rings. The van der Waals surface area contributed by atoms with Gasteiger partial charge < -0.3 is 9.64 Å². The Balaban J connectivity index is 2.10. The van der Waals surface area contributed by atoms with Crippen molar-refractivity contribution in [1.29, 1.82) is 0 Å². The van der Waals surface area contributed by atoms with E-state index in [1.165, 1.54) is 0 Å². The number of anilines is 1. The highest BCUT2D eigenvalue weighted by Crippen LogP contribution is 2.28. The van der Waals surface area contributed by atoms with Crippen molar-refractivity contribution in [3.63, 3.8) is 0 Å². The van der Waals surface area contributed by atoms with E-state index in [2.05, 4.69) is 19.2 Å². The van der Waals surface area contributed by atoms with E-state index in [0.717, 1.165) is 29.3 Å². The maximum absolute atomic E-state index is 12.0. The van der Waals surface area contributed by atoms with Crippen LogP contribution in [0.2, 0.25) is 0 Å². The van der Waals surface area contributed by atoms with Gasteiger partial charge in [0.2, 0.25) is 5.91 Å². The molecule has 3 nitrogen and oxygen atoms in total. The zero-order valence-electron chi connectivity index (χ0n) is 11.1. The van der Waals surface area contributed by atoms with Crippen molar-refractivity contribution < 1.29 is 9.53 Å². The largest absolute Gasteiger partial charge is 0.489 e. The molecular weight excluding hydrogens is 258 g/mol. The molecule has 1 atom stereocenters. The van der Waals surface area contributed by atoms with Gasteiger partial charge in [0.05, 0.1) is 0 Å². The summed E-state index contributed by atoms with van der Waals surface area (Å²) >= 11 is 4.27. The Hall–Kier alpha value is -1.42. The molecule has 1 aromatic carbocycles. The summed E-state index contributed by atoms with van der Waals surface area (Å²) in [4.78, 5) is 13.8. The number of hydrogen-bond acceptors (Lipinski definition) is 3. The minimum Gasteiger partial charge on any atom is -0.489 e. The quantitative estimate of drug-likeness (QED) is 0.662. The molecule has 1 amide bonds. The van der Waals surface area contributed by atoms with E-state index in [-0.39, 0.29) is 5.91 Å². The molecule has 2 rings (SSSR count). The number of ether oxygens (including phenoxy) is 1. The van der Waals surface area contributed by atoms with E-state index < -0.39 is 0 Å². The van der Waals surface area contributed by atoms with Crippen molar-refractivity contribution in [2.45, 2.75) is 13.3 Å². The van der Waals surface area contributed by atoms with E-state index >= 15 is 0 Å². The molecule has 0 aromatic heterocycles. The second-order valence-electron chi connectivity index (χ2n) is 5.00. The van der Waals surface area contributed by atoms with E-state index in [1.807, 2.05) is 36.1 Å². The normalized spacial score (nSPS) is 18.7. The lowest BCUT2D eigenvalue weighted by Crippen LogP contribution is -2.24. The molecule has 0 saturated carbocycles. The molecule has 1 saturated heterocycles. The average Bonchev–Trinajstić information content (AvgIpc) is 2.78. The smallest absolute Gasteiger partial charge is 0.227 e. The van der Waals surface area contributed by atoms with Gasteiger partial charge in [0.25, 0.3) is 0 Å². The molecule has 0 bridgehead atoms. The summed E-state index contributed by atoms with van der Waals surface area (Å²) in [5, 5.41) is 0. The molecule has 1 heterocycles. The number of thiol groups is 1. The predicted molar refractivity (Wildman–Crippen MR) is 81.1 cm³/mol. The molecule has 4 heteroatoms. The maximum atomic E-state index is 12.0. The molecule has 19 heavy (non-hydrogen) atoms. The lowest BCUT2D eigenvalue weighted by Gasteiger charge is -2.17. The molecular formula is C15H19NO2S. The van der Waals surface area contributed by atoms with Gasteiger partial charge in [0.15, 0.2) is 0 Å². The van der Waals surface area contributed by atoms with Crippen molar-refractivity contribution in [1.82, 2.24) is 0 Å². The fourth-order valence-electron chi connectivity index (χ4n) is 2.10. The van der Waals surface area contributed by atoms with Gasteiger partial charge in [-0.3, -0.25) is 4.79 Å². The Kier molecular flexibility index (Phi) is 4.53. The summed E-state index contributed by atoms with van der Waals surface area (Å²) in [6.07, 6.45) is 0.584. The molecule has 0 spiro atoms. The first-order valence-corrected chi connectivity index (χ1v) is 7.02. The summed E-state index contributed by atoms with van der Waals surface area (Å²) in [5.41, 5.74) is 1.87. The number of carbonyl (C=O) groups is 1. The van der Waals surface area contributed by atoms with E-state index in [4.69, 9.17) is 4.74 Å². The van der Waals surface area contributed by atoms with Crippen LogP contribution in [0, 0.1) is 5.92 Å².